The maximum Gasteiger partial charge on any atom is 0.0645 e. The summed E-state index contributed by atoms with van der Waals surface area (Å²) in [6, 6.07) is 63.4. The molecule has 0 aliphatic heterocycles. The van der Waals surface area contributed by atoms with E-state index in [0.29, 0.717) is 11.3 Å². The highest BCUT2D eigenvalue weighted by atomic mass is 15.0. The Kier molecular flexibility index (Phi) is 6.48. The molecule has 13 rings (SSSR count). The molecule has 0 bridgehead atoms. The van der Waals surface area contributed by atoms with Gasteiger partial charge in [0.15, 0.2) is 0 Å². The Morgan fingerprint density at radius 2 is 0.921 bits per heavy atom. The maximum atomic E-state index is 10.1. The molecule has 3 heterocycles. The highest BCUT2D eigenvalue weighted by Crippen LogP contribution is 2.43. The van der Waals surface area contributed by atoms with Gasteiger partial charge in [0.05, 0.1) is 48.4 Å². The third-order valence-electron chi connectivity index (χ3n) is 12.5. The lowest BCUT2D eigenvalue weighted by Crippen LogP contribution is -1.98. The molecule has 0 amide bonds. The molecule has 294 valence electrons. The number of hydrogen-bond donors (Lipinski definition) is 0. The fraction of sp³-hybridized carbons (Fsp3) is 0. The predicted octanol–water partition coefficient (Wildman–Crippen LogP) is 16.0. The lowest BCUT2D eigenvalue weighted by atomic mass is 9.97. The molecule has 0 N–H and O–H groups in total. The van der Waals surface area contributed by atoms with E-state index in [4.69, 9.17) is 2.74 Å². The Hall–Kier alpha value is -8.40. The van der Waals surface area contributed by atoms with Gasteiger partial charge < -0.3 is 13.7 Å². The van der Waals surface area contributed by atoms with Crippen molar-refractivity contribution < 1.29 is 9.60 Å². The predicted molar refractivity (Wildman–Crippen MR) is 266 cm³/mol. The zero-order valence-corrected chi connectivity index (χ0v) is 33.8. The lowest BCUT2D eigenvalue weighted by molar-refractivity contribution is 1.17. The molecule has 63 heavy (non-hydrogen) atoms. The van der Waals surface area contributed by atoms with Gasteiger partial charge in [0, 0.05) is 49.3 Å². The van der Waals surface area contributed by atoms with E-state index >= 15 is 0 Å². The minimum atomic E-state index is -0.432. The third kappa shape index (κ3) is 5.46. The summed E-state index contributed by atoms with van der Waals surface area (Å²) in [4.78, 5) is 0. The van der Waals surface area contributed by atoms with E-state index in [1.54, 1.807) is 4.57 Å². The van der Waals surface area contributed by atoms with E-state index in [-0.39, 0.29) is 57.6 Å². The van der Waals surface area contributed by atoms with Crippen LogP contribution in [0, 0.1) is 0 Å². The van der Waals surface area contributed by atoms with E-state index in [1.165, 1.54) is 0 Å². The highest BCUT2D eigenvalue weighted by Gasteiger charge is 2.20. The number of para-hydroxylation sites is 4. The third-order valence-corrected chi connectivity index (χ3v) is 12.5. The van der Waals surface area contributed by atoms with E-state index < -0.39 is 12.1 Å². The van der Waals surface area contributed by atoms with Crippen molar-refractivity contribution in [2.45, 2.75) is 0 Å². The normalized spacial score (nSPS) is 13.4. The molecule has 0 atom stereocenters. The van der Waals surface area contributed by atoms with Gasteiger partial charge in [0.2, 0.25) is 0 Å². The summed E-state index contributed by atoms with van der Waals surface area (Å²) in [5, 5.41) is 4.10. The molecule has 10 aromatic carbocycles. The van der Waals surface area contributed by atoms with Gasteiger partial charge in [0.1, 0.15) is 0 Å². The van der Waals surface area contributed by atoms with Crippen molar-refractivity contribution in [1.29, 1.82) is 0 Å². The van der Waals surface area contributed by atoms with Gasteiger partial charge in [-0.2, -0.15) is 0 Å². The number of aromatic nitrogens is 3. The summed E-state index contributed by atoms with van der Waals surface area (Å²) < 4.78 is 72.5. The van der Waals surface area contributed by atoms with Crippen LogP contribution in [0.1, 0.15) is 9.60 Å². The number of hydrogen-bond acceptors (Lipinski definition) is 0. The van der Waals surface area contributed by atoms with Crippen molar-refractivity contribution in [3.05, 3.63) is 236 Å². The Morgan fingerprint density at radius 3 is 1.76 bits per heavy atom. The van der Waals surface area contributed by atoms with Crippen molar-refractivity contribution in [3.63, 3.8) is 0 Å². The van der Waals surface area contributed by atoms with Crippen LogP contribution in [0.2, 0.25) is 0 Å². The standard InChI is InChI=1S/C60H39N3/c1-4-17-40(18-5-1)46-23-10-13-27-53(46)63-55-29-15-12-25-49(55)51-39-45(33-36-57(51)63)62-54-28-14-11-24-48(54)50-37-42(31-34-56(50)62)43-32-35-58-52(38-43)60-47(41-19-6-2-7-20-41)26-16-30-59(60)61(58)44-21-8-3-9-22-44/h1-39H/i11D,14D,24D,28D,31D,34D,37D. The first-order chi connectivity index (χ1) is 34.2. The van der Waals surface area contributed by atoms with Crippen LogP contribution in [0.3, 0.4) is 0 Å². The quantitative estimate of drug-likeness (QED) is 0.159. The molecule has 0 spiro atoms. The SMILES string of the molecule is [2H]c1c([2H])c([2H])c2c(c1[2H])c1c([2H])c(-c3ccc4c(c3)c3c(-c5ccccc5)cccc3n4-c3ccccc3)c([2H])c([2H])c1n2-c1ccc2c(c1)c1ccccc1n2-c1ccccc1-c1ccccc1. The number of rotatable bonds is 6. The maximum absolute atomic E-state index is 10.1. The first-order valence-corrected chi connectivity index (χ1v) is 21.1. The lowest BCUT2D eigenvalue weighted by Gasteiger charge is -2.14. The second kappa shape index (κ2) is 14.1. The largest absolute Gasteiger partial charge is 0.309 e. The van der Waals surface area contributed by atoms with Crippen molar-refractivity contribution in [1.82, 2.24) is 13.7 Å². The highest BCUT2D eigenvalue weighted by molar-refractivity contribution is 6.17. The molecule has 0 fully saturated rings. The van der Waals surface area contributed by atoms with Gasteiger partial charge in [-0.1, -0.05) is 158 Å². The van der Waals surface area contributed by atoms with Crippen LogP contribution in [0.4, 0.5) is 0 Å². The first-order valence-electron chi connectivity index (χ1n) is 24.6. The fourth-order valence-electron chi connectivity index (χ4n) is 9.75. The molecule has 3 aromatic heterocycles. The molecule has 0 saturated heterocycles. The Labute approximate surface area is 374 Å². The van der Waals surface area contributed by atoms with Crippen molar-refractivity contribution >= 4 is 65.4 Å². The van der Waals surface area contributed by atoms with Gasteiger partial charge in [-0.25, -0.2) is 0 Å². The monoisotopic (exact) mass is 808 g/mol. The van der Waals surface area contributed by atoms with E-state index in [0.717, 1.165) is 77.2 Å². The van der Waals surface area contributed by atoms with E-state index in [9.17, 15) is 6.85 Å². The average molecular weight is 809 g/mol. The van der Waals surface area contributed by atoms with Gasteiger partial charge in [-0.05, 0) is 107 Å². The summed E-state index contributed by atoms with van der Waals surface area (Å²) in [5.41, 5.74) is 11.7. The Morgan fingerprint density at radius 1 is 0.302 bits per heavy atom. The second-order valence-corrected chi connectivity index (χ2v) is 15.9. The summed E-state index contributed by atoms with van der Waals surface area (Å²) in [6.45, 7) is 0. The van der Waals surface area contributed by atoms with Gasteiger partial charge in [0.25, 0.3) is 0 Å². The molecule has 0 radical (unpaired) electrons. The molecular weight excluding hydrogens is 763 g/mol. The molecule has 3 nitrogen and oxygen atoms in total. The molecular formula is C60H39N3. The Balaban J connectivity index is 1.09. The first kappa shape index (κ1) is 29.0. The molecule has 3 heteroatoms. The molecule has 0 aliphatic rings. The molecule has 13 aromatic rings. The molecule has 0 aliphatic carbocycles. The molecule has 0 saturated carbocycles. The average Bonchev–Trinajstić information content (AvgIpc) is 4.06. The number of fused-ring (bicyclic) bond motifs is 9. The Bertz CT molecular complexity index is 4310. The zero-order chi connectivity index (χ0) is 47.5. The topological polar surface area (TPSA) is 14.8 Å². The molecule has 0 unspecified atom stereocenters. The van der Waals surface area contributed by atoms with Crippen molar-refractivity contribution in [3.8, 4) is 50.4 Å². The van der Waals surface area contributed by atoms with Gasteiger partial charge in [-0.3, -0.25) is 0 Å². The van der Waals surface area contributed by atoms with Crippen LogP contribution < -0.4 is 0 Å². The van der Waals surface area contributed by atoms with Crippen molar-refractivity contribution in [2.75, 3.05) is 0 Å². The summed E-state index contributed by atoms with van der Waals surface area (Å²) in [6.07, 6.45) is 0. The van der Waals surface area contributed by atoms with Crippen LogP contribution in [0.25, 0.3) is 116 Å². The van der Waals surface area contributed by atoms with Gasteiger partial charge in [-0.15, -0.1) is 0 Å². The van der Waals surface area contributed by atoms with Crippen LogP contribution in [-0.4, -0.2) is 13.7 Å². The minimum absolute atomic E-state index is 0.0885. The summed E-state index contributed by atoms with van der Waals surface area (Å²) >= 11 is 0. The van der Waals surface area contributed by atoms with Crippen LogP contribution in [-0.2, 0) is 0 Å². The van der Waals surface area contributed by atoms with Crippen molar-refractivity contribution in [2.24, 2.45) is 0 Å². The zero-order valence-electron chi connectivity index (χ0n) is 40.8. The van der Waals surface area contributed by atoms with Crippen LogP contribution >= 0.6 is 0 Å². The summed E-state index contributed by atoms with van der Waals surface area (Å²) in [7, 11) is 0. The number of benzene rings is 10. The fourth-order valence-corrected chi connectivity index (χ4v) is 9.75. The van der Waals surface area contributed by atoms with Gasteiger partial charge >= 0.3 is 0 Å². The summed E-state index contributed by atoms with van der Waals surface area (Å²) in [5.74, 6) is 0. The number of nitrogens with zero attached hydrogens (tertiary/aromatic N) is 3. The second-order valence-electron chi connectivity index (χ2n) is 15.9. The van der Waals surface area contributed by atoms with Crippen LogP contribution in [0.15, 0.2) is 236 Å². The van der Waals surface area contributed by atoms with Crippen LogP contribution in [0.5, 0.6) is 0 Å². The van der Waals surface area contributed by atoms with E-state index in [2.05, 4.69) is 88.0 Å². The van der Waals surface area contributed by atoms with E-state index in [1.807, 2.05) is 115 Å². The minimum Gasteiger partial charge on any atom is -0.309 e. The smallest absolute Gasteiger partial charge is 0.0645 e.